The Morgan fingerprint density at radius 1 is 1.21 bits per heavy atom. The fraction of sp³-hybridized carbons (Fsp3) is 0.476. The van der Waals surface area contributed by atoms with Crippen molar-refractivity contribution < 1.29 is 14.5 Å². The predicted octanol–water partition coefficient (Wildman–Crippen LogP) is 5.03. The summed E-state index contributed by atoms with van der Waals surface area (Å²) in [5.74, 6) is 0.321. The van der Waals surface area contributed by atoms with E-state index in [1.165, 1.54) is 50.6 Å². The molecule has 1 fully saturated rings. The first-order valence-electron chi connectivity index (χ1n) is 9.68. The second kappa shape index (κ2) is 9.80. The summed E-state index contributed by atoms with van der Waals surface area (Å²) in [5, 5.41) is 11.2. The summed E-state index contributed by atoms with van der Waals surface area (Å²) < 4.78 is 4.82. The van der Waals surface area contributed by atoms with E-state index in [1.54, 1.807) is 12.1 Å². The first kappa shape index (κ1) is 20.5. The van der Waals surface area contributed by atoms with E-state index in [4.69, 9.17) is 4.74 Å². The van der Waals surface area contributed by atoms with Crippen LogP contribution in [0.25, 0.3) is 0 Å². The van der Waals surface area contributed by atoms with Crippen LogP contribution in [-0.2, 0) is 17.8 Å². The molecule has 1 aliphatic rings. The molecule has 7 heteroatoms. The Morgan fingerprint density at radius 2 is 2.00 bits per heavy atom. The molecule has 0 atom stereocenters. The molecule has 150 valence electrons. The number of carbonyl (C=O) groups excluding carboxylic acids is 1. The molecule has 6 nitrogen and oxygen atoms in total. The normalized spacial score (nSPS) is 14.9. The first-order chi connectivity index (χ1) is 13.5. The van der Waals surface area contributed by atoms with Gasteiger partial charge in [-0.25, -0.2) is 4.79 Å². The zero-order valence-corrected chi connectivity index (χ0v) is 17.0. The van der Waals surface area contributed by atoms with Crippen LogP contribution in [0, 0.1) is 16.0 Å². The van der Waals surface area contributed by atoms with Crippen molar-refractivity contribution >= 4 is 22.3 Å². The maximum Gasteiger partial charge on any atom is 0.337 e. The third kappa shape index (κ3) is 5.62. The molecule has 0 bridgehead atoms. The lowest BCUT2D eigenvalue weighted by Gasteiger charge is -2.29. The summed E-state index contributed by atoms with van der Waals surface area (Å²) >= 11 is 1.24. The number of nitro groups is 1. The van der Waals surface area contributed by atoms with Crippen LogP contribution in [-0.4, -0.2) is 29.4 Å². The van der Waals surface area contributed by atoms with Gasteiger partial charge >= 0.3 is 11.0 Å². The van der Waals surface area contributed by atoms with E-state index < -0.39 is 0 Å². The van der Waals surface area contributed by atoms with Gasteiger partial charge in [0, 0.05) is 30.6 Å². The van der Waals surface area contributed by atoms with Gasteiger partial charge in [-0.1, -0.05) is 42.7 Å². The van der Waals surface area contributed by atoms with Gasteiger partial charge in [0.25, 0.3) is 0 Å². The van der Waals surface area contributed by atoms with Crippen molar-refractivity contribution in [3.63, 3.8) is 0 Å². The highest BCUT2D eigenvalue weighted by Gasteiger charge is 2.20. The van der Waals surface area contributed by atoms with E-state index in [9.17, 15) is 14.9 Å². The minimum atomic E-state index is -0.338. The van der Waals surface area contributed by atoms with Crippen molar-refractivity contribution in [1.29, 1.82) is 0 Å². The number of carbonyl (C=O) groups is 1. The van der Waals surface area contributed by atoms with Gasteiger partial charge in [-0.05, 0) is 42.5 Å². The molecule has 0 aliphatic heterocycles. The maximum absolute atomic E-state index is 11.8. The highest BCUT2D eigenvalue weighted by Crippen LogP contribution is 2.28. The second-order valence-corrected chi connectivity index (χ2v) is 8.51. The average Bonchev–Trinajstić information content (AvgIpc) is 3.17. The molecular formula is C21H26N2O4S. The SMILES string of the molecule is COC(=O)c1cccc(CN(Cc2ccc([N+](=O)[O-])s2)CC2CCCCC2)c1. The molecular weight excluding hydrogens is 376 g/mol. The summed E-state index contributed by atoms with van der Waals surface area (Å²) in [6.45, 7) is 2.35. The van der Waals surface area contributed by atoms with Crippen LogP contribution < -0.4 is 0 Å². The van der Waals surface area contributed by atoms with Crippen LogP contribution in [0.15, 0.2) is 36.4 Å². The van der Waals surface area contributed by atoms with Crippen molar-refractivity contribution in [1.82, 2.24) is 4.90 Å². The van der Waals surface area contributed by atoms with Crippen LogP contribution >= 0.6 is 11.3 Å². The molecule has 28 heavy (non-hydrogen) atoms. The standard InChI is InChI=1S/C21H26N2O4S/c1-27-21(24)18-9-5-8-17(12-18)14-22(13-16-6-3-2-4-7-16)15-19-10-11-20(28-19)23(25)26/h5,8-12,16H,2-4,6-7,13-15H2,1H3. The van der Waals surface area contributed by atoms with Gasteiger partial charge in [0.2, 0.25) is 0 Å². The second-order valence-electron chi connectivity index (χ2n) is 7.36. The van der Waals surface area contributed by atoms with Crippen molar-refractivity contribution in [2.75, 3.05) is 13.7 Å². The summed E-state index contributed by atoms with van der Waals surface area (Å²) in [6.07, 6.45) is 6.35. The largest absolute Gasteiger partial charge is 0.465 e. The number of benzene rings is 1. The number of esters is 1. The fourth-order valence-electron chi connectivity index (χ4n) is 3.86. The summed E-state index contributed by atoms with van der Waals surface area (Å²) in [6, 6.07) is 10.9. The molecule has 0 saturated heterocycles. The van der Waals surface area contributed by atoms with E-state index in [-0.39, 0.29) is 15.9 Å². The number of rotatable bonds is 8. The number of nitrogens with zero attached hydrogens (tertiary/aromatic N) is 2. The Labute approximate surface area is 169 Å². The van der Waals surface area contributed by atoms with Gasteiger partial charge in [-0.3, -0.25) is 15.0 Å². The van der Waals surface area contributed by atoms with Crippen LogP contribution in [0.1, 0.15) is 52.9 Å². The van der Waals surface area contributed by atoms with E-state index in [2.05, 4.69) is 4.90 Å². The van der Waals surface area contributed by atoms with E-state index in [0.29, 0.717) is 24.6 Å². The first-order valence-corrected chi connectivity index (χ1v) is 10.5. The Hall–Kier alpha value is -2.25. The van der Waals surface area contributed by atoms with Crippen LogP contribution in [0.5, 0.6) is 0 Å². The molecule has 2 aromatic rings. The Morgan fingerprint density at radius 3 is 2.68 bits per heavy atom. The lowest BCUT2D eigenvalue weighted by atomic mass is 9.89. The van der Waals surface area contributed by atoms with Crippen molar-refractivity contribution in [2.24, 2.45) is 5.92 Å². The van der Waals surface area contributed by atoms with E-state index >= 15 is 0 Å². The topological polar surface area (TPSA) is 72.7 Å². The van der Waals surface area contributed by atoms with E-state index in [0.717, 1.165) is 17.0 Å². The number of ether oxygens (including phenoxy) is 1. The molecule has 0 amide bonds. The Kier molecular flexibility index (Phi) is 7.17. The predicted molar refractivity (Wildman–Crippen MR) is 109 cm³/mol. The molecule has 1 heterocycles. The zero-order chi connectivity index (χ0) is 19.9. The third-order valence-electron chi connectivity index (χ3n) is 5.20. The molecule has 1 aliphatic carbocycles. The van der Waals surface area contributed by atoms with Gasteiger partial charge < -0.3 is 4.74 Å². The number of hydrogen-bond donors (Lipinski definition) is 0. The highest BCUT2D eigenvalue weighted by atomic mass is 32.1. The quantitative estimate of drug-likeness (QED) is 0.352. The minimum Gasteiger partial charge on any atom is -0.465 e. The van der Waals surface area contributed by atoms with Crippen molar-refractivity contribution in [3.8, 4) is 0 Å². The number of methoxy groups -OCH3 is 1. The molecule has 0 spiro atoms. The number of thiophene rings is 1. The zero-order valence-electron chi connectivity index (χ0n) is 16.1. The Balaban J connectivity index is 1.74. The van der Waals surface area contributed by atoms with Crippen molar-refractivity contribution in [3.05, 3.63) is 62.5 Å². The van der Waals surface area contributed by atoms with Gasteiger partial charge in [0.15, 0.2) is 0 Å². The minimum absolute atomic E-state index is 0.181. The Bertz CT molecular complexity index is 814. The molecule has 1 saturated carbocycles. The van der Waals surface area contributed by atoms with Crippen LogP contribution in [0.3, 0.4) is 0 Å². The molecule has 0 unspecified atom stereocenters. The van der Waals surface area contributed by atoms with E-state index in [1.807, 2.05) is 24.3 Å². The fourth-order valence-corrected chi connectivity index (χ4v) is 4.73. The molecule has 1 aromatic carbocycles. The molecule has 3 rings (SSSR count). The third-order valence-corrected chi connectivity index (χ3v) is 6.22. The number of hydrogen-bond acceptors (Lipinski definition) is 6. The smallest absolute Gasteiger partial charge is 0.337 e. The maximum atomic E-state index is 11.8. The molecule has 1 aromatic heterocycles. The van der Waals surface area contributed by atoms with Crippen molar-refractivity contribution in [2.45, 2.75) is 45.2 Å². The van der Waals surface area contributed by atoms with Gasteiger partial charge in [-0.2, -0.15) is 0 Å². The lowest BCUT2D eigenvalue weighted by Crippen LogP contribution is -2.29. The highest BCUT2D eigenvalue weighted by molar-refractivity contribution is 7.15. The van der Waals surface area contributed by atoms with Gasteiger partial charge in [-0.15, -0.1) is 0 Å². The molecule has 0 N–H and O–H groups in total. The summed E-state index contributed by atoms with van der Waals surface area (Å²) in [7, 11) is 1.38. The average molecular weight is 403 g/mol. The van der Waals surface area contributed by atoms with Crippen LogP contribution in [0.4, 0.5) is 5.00 Å². The van der Waals surface area contributed by atoms with Crippen LogP contribution in [0.2, 0.25) is 0 Å². The van der Waals surface area contributed by atoms with Gasteiger partial charge in [0.1, 0.15) is 0 Å². The summed E-state index contributed by atoms with van der Waals surface area (Å²) in [4.78, 5) is 25.8. The lowest BCUT2D eigenvalue weighted by molar-refractivity contribution is -0.380. The van der Waals surface area contributed by atoms with Gasteiger partial charge in [0.05, 0.1) is 17.6 Å². The monoisotopic (exact) mass is 402 g/mol. The summed E-state index contributed by atoms with van der Waals surface area (Å²) in [5.41, 5.74) is 1.59. The molecule has 0 radical (unpaired) electrons.